The number of rotatable bonds is 17. The Hall–Kier alpha value is -0.995. The molecule has 0 heterocycles. The van der Waals surface area contributed by atoms with Gasteiger partial charge in [-0.1, -0.05) is 103 Å². The van der Waals surface area contributed by atoms with E-state index in [4.69, 9.17) is 4.65 Å². The summed E-state index contributed by atoms with van der Waals surface area (Å²) in [7, 11) is 1.74. The van der Waals surface area contributed by atoms with Crippen molar-refractivity contribution in [2.45, 2.75) is 118 Å². The minimum absolute atomic E-state index is 0.744. The van der Waals surface area contributed by atoms with E-state index in [-0.39, 0.29) is 0 Å². The first-order valence-electron chi connectivity index (χ1n) is 13.1. The standard InChI is InChI=1S/C28H50BNO2/c1-9-13-15-23(11-3)21-30(22-24(12-4)16-14-10-2)26-19-17-25(18-20-26)29-32-28(7,8)27(5,6)31/h17-20,23-24H,9-16,21-22H2,1-8H3/q-1. The van der Waals surface area contributed by atoms with Crippen molar-refractivity contribution in [3.8, 4) is 0 Å². The second-order valence-electron chi connectivity index (χ2n) is 10.6. The first-order chi connectivity index (χ1) is 15.1. The predicted molar refractivity (Wildman–Crippen MR) is 140 cm³/mol. The Labute approximate surface area is 200 Å². The molecule has 2 atom stereocenters. The molecule has 3 nitrogen and oxygen atoms in total. The highest BCUT2D eigenvalue weighted by molar-refractivity contribution is 6.47. The van der Waals surface area contributed by atoms with Crippen LogP contribution in [0, 0.1) is 11.8 Å². The van der Waals surface area contributed by atoms with Gasteiger partial charge in [0, 0.05) is 24.4 Å². The van der Waals surface area contributed by atoms with Crippen LogP contribution in [0.15, 0.2) is 24.3 Å². The molecule has 1 radical (unpaired) electrons. The van der Waals surface area contributed by atoms with Crippen LogP contribution in [0.4, 0.5) is 5.69 Å². The van der Waals surface area contributed by atoms with Crippen molar-refractivity contribution in [1.82, 2.24) is 0 Å². The molecule has 32 heavy (non-hydrogen) atoms. The SMILES string of the molecule is CCCCC(CC)CN(CC(CC)CCCC)c1ccc([B]OC(C)(C)C(C)(C)[O-])cc1. The second-order valence-corrected chi connectivity index (χ2v) is 10.6. The van der Waals surface area contributed by atoms with E-state index in [0.29, 0.717) is 0 Å². The molecule has 0 aliphatic rings. The van der Waals surface area contributed by atoms with Gasteiger partial charge in [0.05, 0.1) is 0 Å². The quantitative estimate of drug-likeness (QED) is 0.273. The first kappa shape index (κ1) is 29.0. The Balaban J connectivity index is 2.94. The highest BCUT2D eigenvalue weighted by Crippen LogP contribution is 2.24. The maximum Gasteiger partial charge on any atom is 0.330 e. The summed E-state index contributed by atoms with van der Waals surface area (Å²) in [5.41, 5.74) is 0.373. The Bertz CT molecular complexity index is 591. The molecule has 0 amide bonds. The molecule has 0 aliphatic carbocycles. The zero-order valence-electron chi connectivity index (χ0n) is 22.4. The molecule has 0 saturated carbocycles. The van der Waals surface area contributed by atoms with Gasteiger partial charge in [0.2, 0.25) is 0 Å². The molecular formula is C28H50BNO2-. The average molecular weight is 444 g/mol. The van der Waals surface area contributed by atoms with Crippen molar-refractivity contribution in [2.75, 3.05) is 18.0 Å². The van der Waals surface area contributed by atoms with Gasteiger partial charge in [-0.05, 0) is 50.7 Å². The summed E-state index contributed by atoms with van der Waals surface area (Å²) in [6, 6.07) is 8.69. The fourth-order valence-corrected chi connectivity index (χ4v) is 3.86. The lowest BCUT2D eigenvalue weighted by molar-refractivity contribution is -0.495. The van der Waals surface area contributed by atoms with Crippen LogP contribution in [0.1, 0.15) is 107 Å². The Morgan fingerprint density at radius 2 is 1.31 bits per heavy atom. The third-order valence-electron chi connectivity index (χ3n) is 7.24. The normalized spacial score (nSPS) is 14.3. The largest absolute Gasteiger partial charge is 0.848 e. The van der Waals surface area contributed by atoms with Crippen molar-refractivity contribution in [1.29, 1.82) is 0 Å². The van der Waals surface area contributed by atoms with Crippen LogP contribution in [0.2, 0.25) is 0 Å². The van der Waals surface area contributed by atoms with E-state index in [1.54, 1.807) is 21.3 Å². The Morgan fingerprint density at radius 3 is 1.69 bits per heavy atom. The topological polar surface area (TPSA) is 35.5 Å². The summed E-state index contributed by atoms with van der Waals surface area (Å²) >= 11 is 0. The molecule has 1 aromatic carbocycles. The summed E-state index contributed by atoms with van der Waals surface area (Å²) in [6.07, 6.45) is 10.3. The van der Waals surface area contributed by atoms with Crippen LogP contribution in [0.5, 0.6) is 0 Å². The van der Waals surface area contributed by atoms with Gasteiger partial charge >= 0.3 is 7.48 Å². The summed E-state index contributed by atoms with van der Waals surface area (Å²) in [6.45, 7) is 18.6. The van der Waals surface area contributed by atoms with E-state index >= 15 is 0 Å². The summed E-state index contributed by atoms with van der Waals surface area (Å²) in [5.74, 6) is 1.49. The third-order valence-corrected chi connectivity index (χ3v) is 7.24. The van der Waals surface area contributed by atoms with E-state index < -0.39 is 11.2 Å². The van der Waals surface area contributed by atoms with Crippen molar-refractivity contribution >= 4 is 18.6 Å². The molecule has 183 valence electrons. The average Bonchev–Trinajstić information content (AvgIpc) is 2.76. The molecule has 0 fully saturated rings. The van der Waals surface area contributed by atoms with Gasteiger partial charge in [-0.2, -0.15) is 0 Å². The van der Waals surface area contributed by atoms with Gasteiger partial charge in [-0.3, -0.25) is 0 Å². The summed E-state index contributed by atoms with van der Waals surface area (Å²) in [5, 5.41) is 12.4. The number of nitrogens with zero attached hydrogens (tertiary/aromatic N) is 1. The number of hydrogen-bond donors (Lipinski definition) is 0. The first-order valence-corrected chi connectivity index (χ1v) is 13.1. The van der Waals surface area contributed by atoms with Gasteiger partial charge in [0.15, 0.2) is 0 Å². The van der Waals surface area contributed by atoms with E-state index in [2.05, 4.69) is 56.9 Å². The van der Waals surface area contributed by atoms with Crippen molar-refractivity contribution in [2.24, 2.45) is 11.8 Å². The summed E-state index contributed by atoms with van der Waals surface area (Å²) in [4.78, 5) is 2.63. The molecule has 2 unspecified atom stereocenters. The Kier molecular flexibility index (Phi) is 13.0. The van der Waals surface area contributed by atoms with Gasteiger partial charge in [0.25, 0.3) is 0 Å². The molecule has 0 saturated heterocycles. The van der Waals surface area contributed by atoms with Gasteiger partial charge < -0.3 is 14.7 Å². The van der Waals surface area contributed by atoms with Crippen LogP contribution in [0.3, 0.4) is 0 Å². The van der Waals surface area contributed by atoms with E-state index in [9.17, 15) is 5.11 Å². The zero-order valence-corrected chi connectivity index (χ0v) is 22.4. The molecule has 4 heteroatoms. The molecule has 1 aromatic rings. The fourth-order valence-electron chi connectivity index (χ4n) is 3.86. The van der Waals surface area contributed by atoms with Crippen LogP contribution in [-0.2, 0) is 4.65 Å². The van der Waals surface area contributed by atoms with Crippen LogP contribution in [0.25, 0.3) is 0 Å². The monoisotopic (exact) mass is 443 g/mol. The molecule has 0 aromatic heterocycles. The number of unbranched alkanes of at least 4 members (excludes halogenated alkanes) is 2. The van der Waals surface area contributed by atoms with Crippen LogP contribution < -0.4 is 15.5 Å². The van der Waals surface area contributed by atoms with Gasteiger partial charge in [-0.25, -0.2) is 0 Å². The predicted octanol–water partition coefficient (Wildman–Crippen LogP) is 6.10. The van der Waals surface area contributed by atoms with Crippen molar-refractivity contribution in [3.63, 3.8) is 0 Å². The van der Waals surface area contributed by atoms with Crippen LogP contribution >= 0.6 is 0 Å². The molecule has 0 spiro atoms. The lowest BCUT2D eigenvalue weighted by Crippen LogP contribution is -2.57. The van der Waals surface area contributed by atoms with Gasteiger partial charge in [0.1, 0.15) is 0 Å². The lowest BCUT2D eigenvalue weighted by atomic mass is 9.82. The Morgan fingerprint density at radius 1 is 0.844 bits per heavy atom. The minimum atomic E-state index is -1.17. The lowest BCUT2D eigenvalue weighted by Gasteiger charge is -2.47. The highest BCUT2D eigenvalue weighted by atomic mass is 16.5. The van der Waals surface area contributed by atoms with E-state index in [0.717, 1.165) is 30.4 Å². The van der Waals surface area contributed by atoms with Gasteiger partial charge in [-0.15, -0.1) is 0 Å². The maximum atomic E-state index is 12.4. The van der Waals surface area contributed by atoms with Crippen LogP contribution in [-0.4, -0.2) is 31.8 Å². The van der Waals surface area contributed by atoms with Crippen molar-refractivity contribution < 1.29 is 9.76 Å². The maximum absolute atomic E-state index is 12.4. The highest BCUT2D eigenvalue weighted by Gasteiger charge is 2.28. The zero-order chi connectivity index (χ0) is 24.2. The molecule has 0 N–H and O–H groups in total. The molecular weight excluding hydrogens is 393 g/mol. The fraction of sp³-hybridized carbons (Fsp3) is 0.786. The number of anilines is 1. The molecule has 1 rings (SSSR count). The summed E-state index contributed by atoms with van der Waals surface area (Å²) < 4.78 is 5.88. The smallest absolute Gasteiger partial charge is 0.330 e. The van der Waals surface area contributed by atoms with E-state index in [1.165, 1.54) is 57.1 Å². The number of hydrogen-bond acceptors (Lipinski definition) is 3. The molecule has 0 bridgehead atoms. The molecule has 0 aliphatic heterocycles. The second kappa shape index (κ2) is 14.3. The minimum Gasteiger partial charge on any atom is -0.848 e. The number of benzene rings is 1. The van der Waals surface area contributed by atoms with E-state index in [1.807, 2.05) is 13.8 Å². The van der Waals surface area contributed by atoms with Crippen molar-refractivity contribution in [3.05, 3.63) is 24.3 Å². The third kappa shape index (κ3) is 9.87.